The van der Waals surface area contributed by atoms with Crippen molar-refractivity contribution < 1.29 is 0 Å². The van der Waals surface area contributed by atoms with Gasteiger partial charge in [-0.15, -0.1) is 0 Å². The predicted molar refractivity (Wildman–Crippen MR) is 229 cm³/mol. The Morgan fingerprint density at radius 1 is 0.455 bits per heavy atom. The second-order valence-electron chi connectivity index (χ2n) is 15.8. The normalized spacial score (nSPS) is 13.8. The quantitative estimate of drug-likeness (QED) is 0.180. The van der Waals surface area contributed by atoms with Crippen LogP contribution in [-0.2, 0) is 5.41 Å². The fraction of sp³-hybridized carbons (Fsp3) is 0.0588. The summed E-state index contributed by atoms with van der Waals surface area (Å²) in [6, 6.07) is 57.7. The summed E-state index contributed by atoms with van der Waals surface area (Å²) < 4.78 is 4.84. The zero-order valence-corrected chi connectivity index (χ0v) is 30.3. The second kappa shape index (κ2) is 10.1. The lowest BCUT2D eigenvalue weighted by molar-refractivity contribution is 0.657. The number of hydrogen-bond acceptors (Lipinski definition) is 2. The maximum atomic E-state index is 5.71. The molecule has 0 amide bonds. The summed E-state index contributed by atoms with van der Waals surface area (Å²) in [5.41, 5.74) is 12.4. The number of rotatable bonds is 2. The average molecular weight is 701 g/mol. The minimum absolute atomic E-state index is 0.284. The van der Waals surface area contributed by atoms with Crippen molar-refractivity contribution in [3.63, 3.8) is 0 Å². The van der Waals surface area contributed by atoms with Gasteiger partial charge in [0, 0.05) is 59.8 Å². The number of hydrogen-bond donors (Lipinski definition) is 0. The van der Waals surface area contributed by atoms with Crippen molar-refractivity contribution in [2.24, 2.45) is 0 Å². The molecule has 1 aliphatic rings. The molecule has 256 valence electrons. The molecular formula is C51H32N4. The molecule has 8 aromatic carbocycles. The van der Waals surface area contributed by atoms with Crippen molar-refractivity contribution in [2.45, 2.75) is 19.3 Å². The third kappa shape index (κ3) is 3.62. The van der Waals surface area contributed by atoms with Crippen molar-refractivity contribution in [1.29, 1.82) is 0 Å². The SMILES string of the molecule is CC1(C)c2ccccc2-c2nc(-n3c4ccccc4c4ccc5cc6c7ccccc7n7c8ccccc8c(c5c43)c67)nc(-c3ccc4ccccc4c3)c21. The molecule has 0 bridgehead atoms. The van der Waals surface area contributed by atoms with E-state index < -0.39 is 0 Å². The van der Waals surface area contributed by atoms with Crippen LogP contribution >= 0.6 is 0 Å². The minimum Gasteiger partial charge on any atom is -0.308 e. The molecule has 13 rings (SSSR count). The lowest BCUT2D eigenvalue weighted by Gasteiger charge is -2.24. The molecule has 0 atom stereocenters. The first-order valence-electron chi connectivity index (χ1n) is 19.1. The second-order valence-corrected chi connectivity index (χ2v) is 15.8. The number of benzene rings is 8. The minimum atomic E-state index is -0.284. The summed E-state index contributed by atoms with van der Waals surface area (Å²) in [5.74, 6) is 0.687. The average Bonchev–Trinajstić information content (AvgIpc) is 3.93. The van der Waals surface area contributed by atoms with Crippen LogP contribution in [0.2, 0.25) is 0 Å². The summed E-state index contributed by atoms with van der Waals surface area (Å²) in [5, 5.41) is 12.3. The van der Waals surface area contributed by atoms with E-state index in [9.17, 15) is 0 Å². The zero-order chi connectivity index (χ0) is 36.2. The van der Waals surface area contributed by atoms with E-state index in [-0.39, 0.29) is 5.41 Å². The first-order chi connectivity index (χ1) is 27.1. The van der Waals surface area contributed by atoms with Crippen LogP contribution in [0.25, 0.3) is 110 Å². The van der Waals surface area contributed by atoms with Gasteiger partial charge in [-0.3, -0.25) is 4.57 Å². The molecule has 0 radical (unpaired) electrons. The van der Waals surface area contributed by atoms with Crippen LogP contribution in [0, 0.1) is 0 Å². The van der Waals surface area contributed by atoms with Gasteiger partial charge in [-0.1, -0.05) is 141 Å². The van der Waals surface area contributed by atoms with Crippen molar-refractivity contribution in [1.82, 2.24) is 18.9 Å². The van der Waals surface area contributed by atoms with E-state index in [0.29, 0.717) is 5.95 Å². The van der Waals surface area contributed by atoms with Crippen LogP contribution in [-0.4, -0.2) is 18.9 Å². The molecule has 12 aromatic rings. The molecule has 0 fully saturated rings. The number of para-hydroxylation sites is 3. The molecule has 4 heterocycles. The standard InChI is InChI=1S/C51H32N4/c1-51(2)39-19-9-5-17-36(39)47-45(51)46(32-24-23-29-13-3-4-14-30(29)27-32)52-50(53-47)55-41-21-11-6-15-33(41)35-26-25-31-28-38-34-16-7-10-20-40(34)54-42-22-12-8-18-37(42)44(49(38)54)43(31)48(35)55/h3-28H,1-2H3. The molecule has 0 saturated heterocycles. The highest BCUT2D eigenvalue weighted by molar-refractivity contribution is 6.36. The van der Waals surface area contributed by atoms with E-state index in [1.807, 2.05) is 0 Å². The Balaban J connectivity index is 1.24. The number of aromatic nitrogens is 4. The molecule has 0 aliphatic heterocycles. The fourth-order valence-corrected chi connectivity index (χ4v) is 10.2. The van der Waals surface area contributed by atoms with Gasteiger partial charge in [0.1, 0.15) is 0 Å². The molecule has 4 nitrogen and oxygen atoms in total. The smallest absolute Gasteiger partial charge is 0.235 e. The van der Waals surface area contributed by atoms with E-state index in [2.05, 4.69) is 181 Å². The molecule has 0 spiro atoms. The molecule has 0 unspecified atom stereocenters. The molecule has 4 aromatic heterocycles. The van der Waals surface area contributed by atoms with Gasteiger partial charge in [-0.2, -0.15) is 0 Å². The first kappa shape index (κ1) is 29.4. The topological polar surface area (TPSA) is 35.1 Å². The highest BCUT2D eigenvalue weighted by Gasteiger charge is 2.40. The van der Waals surface area contributed by atoms with Gasteiger partial charge >= 0.3 is 0 Å². The van der Waals surface area contributed by atoms with Gasteiger partial charge in [0.05, 0.1) is 39.0 Å². The Morgan fingerprint density at radius 3 is 1.93 bits per heavy atom. The summed E-state index contributed by atoms with van der Waals surface area (Å²) >= 11 is 0. The van der Waals surface area contributed by atoms with Crippen LogP contribution in [0.1, 0.15) is 25.0 Å². The lowest BCUT2D eigenvalue weighted by atomic mass is 9.80. The molecule has 55 heavy (non-hydrogen) atoms. The van der Waals surface area contributed by atoms with Crippen LogP contribution < -0.4 is 0 Å². The van der Waals surface area contributed by atoms with Crippen LogP contribution in [0.3, 0.4) is 0 Å². The van der Waals surface area contributed by atoms with Gasteiger partial charge in [0.2, 0.25) is 5.95 Å². The molecule has 0 saturated carbocycles. The van der Waals surface area contributed by atoms with Crippen LogP contribution in [0.15, 0.2) is 158 Å². The molecular weight excluding hydrogens is 669 g/mol. The molecule has 1 aliphatic carbocycles. The Morgan fingerprint density at radius 2 is 1.09 bits per heavy atom. The summed E-state index contributed by atoms with van der Waals surface area (Å²) in [6.45, 7) is 4.64. The van der Waals surface area contributed by atoms with E-state index >= 15 is 0 Å². The number of fused-ring (bicyclic) bond motifs is 16. The van der Waals surface area contributed by atoms with Gasteiger partial charge in [-0.25, -0.2) is 9.97 Å². The largest absolute Gasteiger partial charge is 0.308 e. The predicted octanol–water partition coefficient (Wildman–Crippen LogP) is 13.0. The van der Waals surface area contributed by atoms with Crippen molar-refractivity contribution >= 4 is 81.4 Å². The summed E-state index contributed by atoms with van der Waals surface area (Å²) in [6.07, 6.45) is 0. The lowest BCUT2D eigenvalue weighted by Crippen LogP contribution is -2.18. The van der Waals surface area contributed by atoms with Gasteiger partial charge in [-0.05, 0) is 52.1 Å². The summed E-state index contributed by atoms with van der Waals surface area (Å²) in [4.78, 5) is 11.4. The van der Waals surface area contributed by atoms with E-state index in [1.54, 1.807) is 0 Å². The first-order valence-corrected chi connectivity index (χ1v) is 19.1. The third-order valence-electron chi connectivity index (χ3n) is 12.6. The molecule has 0 N–H and O–H groups in total. The van der Waals surface area contributed by atoms with E-state index in [0.717, 1.165) is 28.0 Å². The molecule has 4 heteroatoms. The van der Waals surface area contributed by atoms with Crippen molar-refractivity contribution in [3.8, 4) is 28.5 Å². The Hall–Kier alpha value is -7.04. The van der Waals surface area contributed by atoms with Gasteiger partial charge in [0.25, 0.3) is 0 Å². The fourth-order valence-electron chi connectivity index (χ4n) is 10.2. The van der Waals surface area contributed by atoms with Gasteiger partial charge in [0.15, 0.2) is 0 Å². The third-order valence-corrected chi connectivity index (χ3v) is 12.6. The zero-order valence-electron chi connectivity index (χ0n) is 30.3. The summed E-state index contributed by atoms with van der Waals surface area (Å²) in [7, 11) is 0. The van der Waals surface area contributed by atoms with Crippen molar-refractivity contribution in [3.05, 3.63) is 169 Å². The van der Waals surface area contributed by atoms with E-state index in [4.69, 9.17) is 9.97 Å². The van der Waals surface area contributed by atoms with Gasteiger partial charge < -0.3 is 4.40 Å². The highest BCUT2D eigenvalue weighted by atomic mass is 15.2. The van der Waals surface area contributed by atoms with Crippen molar-refractivity contribution in [2.75, 3.05) is 0 Å². The van der Waals surface area contributed by atoms with Crippen LogP contribution in [0.4, 0.5) is 0 Å². The maximum absolute atomic E-state index is 5.71. The number of nitrogens with zero attached hydrogens (tertiary/aromatic N) is 4. The van der Waals surface area contributed by atoms with Crippen LogP contribution in [0.5, 0.6) is 0 Å². The van der Waals surface area contributed by atoms with E-state index in [1.165, 1.54) is 87.1 Å². The maximum Gasteiger partial charge on any atom is 0.235 e. The Labute approximate surface area is 315 Å². The Bertz CT molecular complexity index is 3640. The Kier molecular flexibility index (Phi) is 5.42. The highest BCUT2D eigenvalue weighted by Crippen LogP contribution is 2.52. The monoisotopic (exact) mass is 700 g/mol.